The van der Waals surface area contributed by atoms with Crippen molar-refractivity contribution in [1.82, 2.24) is 14.1 Å². The molecule has 2 fully saturated rings. The first-order valence-electron chi connectivity index (χ1n) is 7.99. The monoisotopic (exact) mass is 333 g/mol. The van der Waals surface area contributed by atoms with Gasteiger partial charge < -0.3 is 10.0 Å². The summed E-state index contributed by atoms with van der Waals surface area (Å²) in [7, 11) is -3.32. The Morgan fingerprint density at radius 3 is 2.41 bits per heavy atom. The summed E-state index contributed by atoms with van der Waals surface area (Å²) in [5.74, 6) is -0.0707. The van der Waals surface area contributed by atoms with Crippen LogP contribution in [0, 0.1) is 0 Å². The zero-order valence-electron chi connectivity index (χ0n) is 13.4. The molecular formula is C14H27N3O4S. The molecule has 2 heterocycles. The number of nitrogens with zero attached hydrogens (tertiary/aromatic N) is 3. The molecule has 0 spiro atoms. The molecule has 1 N–H and O–H groups in total. The minimum Gasteiger partial charge on any atom is -0.392 e. The van der Waals surface area contributed by atoms with Gasteiger partial charge in [0.25, 0.3) is 0 Å². The number of hydrogen-bond donors (Lipinski definition) is 1. The number of aliphatic hydroxyl groups excluding tert-OH is 1. The summed E-state index contributed by atoms with van der Waals surface area (Å²) in [6, 6.07) is -0.525. The van der Waals surface area contributed by atoms with Crippen LogP contribution in [0.5, 0.6) is 0 Å². The van der Waals surface area contributed by atoms with Gasteiger partial charge in [0, 0.05) is 39.3 Å². The van der Waals surface area contributed by atoms with Gasteiger partial charge in [-0.25, -0.2) is 8.42 Å². The highest BCUT2D eigenvalue weighted by atomic mass is 32.2. The third-order valence-electron chi connectivity index (χ3n) is 4.54. The third kappa shape index (κ3) is 4.18. The smallest absolute Gasteiger partial charge is 0.241 e. The summed E-state index contributed by atoms with van der Waals surface area (Å²) in [6.07, 6.45) is 2.93. The van der Waals surface area contributed by atoms with Crippen LogP contribution in [0.25, 0.3) is 0 Å². The number of aliphatic hydroxyl groups is 1. The zero-order valence-corrected chi connectivity index (χ0v) is 14.3. The van der Waals surface area contributed by atoms with Gasteiger partial charge in [-0.3, -0.25) is 9.69 Å². The second-order valence-corrected chi connectivity index (χ2v) is 8.15. The van der Waals surface area contributed by atoms with Crippen LogP contribution in [0.1, 0.15) is 26.2 Å². The highest BCUT2D eigenvalue weighted by Crippen LogP contribution is 2.22. The SMILES string of the molecule is CCC(O)CN1CCN(C(=O)C2CCCN2S(C)(=O)=O)CC1. The lowest BCUT2D eigenvalue weighted by atomic mass is 10.1. The Balaban J connectivity index is 1.90. The summed E-state index contributed by atoms with van der Waals surface area (Å²) in [5, 5.41) is 9.69. The first kappa shape index (κ1) is 17.7. The van der Waals surface area contributed by atoms with Crippen LogP contribution in [0.15, 0.2) is 0 Å². The summed E-state index contributed by atoms with van der Waals surface area (Å²) < 4.78 is 24.8. The van der Waals surface area contributed by atoms with Gasteiger partial charge in [0.1, 0.15) is 6.04 Å². The van der Waals surface area contributed by atoms with Crippen molar-refractivity contribution in [2.45, 2.75) is 38.3 Å². The third-order valence-corrected chi connectivity index (χ3v) is 5.83. The van der Waals surface area contributed by atoms with Crippen LogP contribution in [0.4, 0.5) is 0 Å². The Morgan fingerprint density at radius 2 is 1.86 bits per heavy atom. The lowest BCUT2D eigenvalue weighted by Crippen LogP contribution is -2.55. The van der Waals surface area contributed by atoms with Crippen molar-refractivity contribution < 1.29 is 18.3 Å². The minimum absolute atomic E-state index is 0.0707. The van der Waals surface area contributed by atoms with Gasteiger partial charge in [-0.05, 0) is 19.3 Å². The molecule has 0 aliphatic carbocycles. The van der Waals surface area contributed by atoms with E-state index in [9.17, 15) is 18.3 Å². The Kier molecular flexibility index (Phi) is 5.81. The van der Waals surface area contributed by atoms with Crippen molar-refractivity contribution in [2.75, 3.05) is 45.5 Å². The van der Waals surface area contributed by atoms with E-state index in [0.717, 1.165) is 25.9 Å². The van der Waals surface area contributed by atoms with Crippen LogP contribution < -0.4 is 0 Å². The second-order valence-electron chi connectivity index (χ2n) is 6.22. The molecule has 2 unspecified atom stereocenters. The molecule has 0 aromatic carbocycles. The van der Waals surface area contributed by atoms with Gasteiger partial charge in [0.15, 0.2) is 0 Å². The molecule has 2 atom stereocenters. The first-order chi connectivity index (χ1) is 10.3. The maximum Gasteiger partial charge on any atom is 0.241 e. The molecule has 0 radical (unpaired) electrons. The van der Waals surface area contributed by atoms with Crippen LogP contribution in [-0.4, -0.2) is 91.2 Å². The maximum absolute atomic E-state index is 12.6. The molecule has 8 heteroatoms. The number of β-amino-alcohol motifs (C(OH)–C–C–N with tert-alkyl or cyclic N) is 1. The summed E-state index contributed by atoms with van der Waals surface area (Å²) in [4.78, 5) is 16.5. The van der Waals surface area contributed by atoms with E-state index in [1.807, 2.05) is 6.92 Å². The highest BCUT2D eigenvalue weighted by molar-refractivity contribution is 7.88. The van der Waals surface area contributed by atoms with E-state index in [0.29, 0.717) is 32.6 Å². The Labute approximate surface area is 132 Å². The number of hydrogen-bond acceptors (Lipinski definition) is 5. The van der Waals surface area contributed by atoms with E-state index in [-0.39, 0.29) is 12.0 Å². The van der Waals surface area contributed by atoms with Gasteiger partial charge in [-0.2, -0.15) is 4.31 Å². The quantitative estimate of drug-likeness (QED) is 0.721. The Bertz CT molecular complexity index is 488. The number of piperazine rings is 1. The van der Waals surface area contributed by atoms with Gasteiger partial charge in [0.05, 0.1) is 12.4 Å². The predicted molar refractivity (Wildman–Crippen MR) is 83.9 cm³/mol. The lowest BCUT2D eigenvalue weighted by molar-refractivity contribution is -0.136. The van der Waals surface area contributed by atoms with Gasteiger partial charge in [-0.1, -0.05) is 6.92 Å². The summed E-state index contributed by atoms with van der Waals surface area (Å²) >= 11 is 0. The Morgan fingerprint density at radius 1 is 1.23 bits per heavy atom. The standard InChI is InChI=1S/C14H27N3O4S/c1-3-12(18)11-15-7-9-16(10-8-15)14(19)13-5-4-6-17(13)22(2,20)21/h12-13,18H,3-11H2,1-2H3. The van der Waals surface area contributed by atoms with Gasteiger partial charge in [-0.15, -0.1) is 0 Å². The second kappa shape index (κ2) is 7.25. The fraction of sp³-hybridized carbons (Fsp3) is 0.929. The average Bonchev–Trinajstić information content (AvgIpc) is 2.96. The molecule has 0 saturated carbocycles. The Hall–Kier alpha value is -0.700. The van der Waals surface area contributed by atoms with E-state index in [2.05, 4.69) is 4.90 Å². The van der Waals surface area contributed by atoms with Crippen LogP contribution in [0.2, 0.25) is 0 Å². The number of carbonyl (C=O) groups excluding carboxylic acids is 1. The van der Waals surface area contributed by atoms with Crippen LogP contribution in [0.3, 0.4) is 0 Å². The number of carbonyl (C=O) groups is 1. The van der Waals surface area contributed by atoms with E-state index in [1.54, 1.807) is 4.90 Å². The fourth-order valence-corrected chi connectivity index (χ4v) is 4.29. The van der Waals surface area contributed by atoms with E-state index < -0.39 is 16.1 Å². The van der Waals surface area contributed by atoms with Crippen molar-refractivity contribution in [3.05, 3.63) is 0 Å². The lowest BCUT2D eigenvalue weighted by Gasteiger charge is -2.37. The van der Waals surface area contributed by atoms with E-state index in [1.165, 1.54) is 10.6 Å². The molecule has 0 aromatic heterocycles. The van der Waals surface area contributed by atoms with Crippen LogP contribution in [-0.2, 0) is 14.8 Å². The number of amides is 1. The first-order valence-corrected chi connectivity index (χ1v) is 9.83. The molecule has 2 aliphatic heterocycles. The largest absolute Gasteiger partial charge is 0.392 e. The van der Waals surface area contributed by atoms with Crippen molar-refractivity contribution in [1.29, 1.82) is 0 Å². The molecule has 0 bridgehead atoms. The minimum atomic E-state index is -3.32. The highest BCUT2D eigenvalue weighted by Gasteiger charge is 2.39. The van der Waals surface area contributed by atoms with Crippen molar-refractivity contribution >= 4 is 15.9 Å². The normalized spacial score (nSPS) is 26.3. The molecule has 2 aliphatic rings. The summed E-state index contributed by atoms with van der Waals surface area (Å²) in [6.45, 7) is 5.69. The van der Waals surface area contributed by atoms with Gasteiger partial charge >= 0.3 is 0 Å². The number of rotatable bonds is 5. The summed E-state index contributed by atoms with van der Waals surface area (Å²) in [5.41, 5.74) is 0. The molecule has 1 amide bonds. The average molecular weight is 333 g/mol. The topological polar surface area (TPSA) is 81.2 Å². The molecule has 22 heavy (non-hydrogen) atoms. The molecular weight excluding hydrogens is 306 g/mol. The van der Waals surface area contributed by atoms with Crippen molar-refractivity contribution in [3.8, 4) is 0 Å². The molecule has 2 saturated heterocycles. The van der Waals surface area contributed by atoms with Crippen molar-refractivity contribution in [2.24, 2.45) is 0 Å². The van der Waals surface area contributed by atoms with E-state index in [4.69, 9.17) is 0 Å². The van der Waals surface area contributed by atoms with Crippen molar-refractivity contribution in [3.63, 3.8) is 0 Å². The van der Waals surface area contributed by atoms with E-state index >= 15 is 0 Å². The maximum atomic E-state index is 12.6. The van der Waals surface area contributed by atoms with Crippen LogP contribution >= 0.6 is 0 Å². The predicted octanol–water partition coefficient (Wildman–Crippen LogP) is -0.674. The molecule has 2 rings (SSSR count). The fourth-order valence-electron chi connectivity index (χ4n) is 3.17. The zero-order chi connectivity index (χ0) is 16.3. The molecule has 0 aromatic rings. The molecule has 7 nitrogen and oxygen atoms in total. The van der Waals surface area contributed by atoms with Gasteiger partial charge in [0.2, 0.25) is 15.9 Å². The number of sulfonamides is 1. The molecule has 128 valence electrons.